The van der Waals surface area contributed by atoms with Crippen LogP contribution in [0.15, 0.2) is 59.6 Å². The van der Waals surface area contributed by atoms with E-state index < -0.39 is 17.1 Å². The summed E-state index contributed by atoms with van der Waals surface area (Å²) in [4.78, 5) is 50.1. The second-order valence-corrected chi connectivity index (χ2v) is 8.17. The molecule has 1 aromatic heterocycles. The van der Waals surface area contributed by atoms with Crippen molar-refractivity contribution < 1.29 is 24.3 Å². The number of imide groups is 1. The first kappa shape index (κ1) is 20.6. The normalized spacial score (nSPS) is 15.3. The summed E-state index contributed by atoms with van der Waals surface area (Å²) in [7, 11) is 0. The van der Waals surface area contributed by atoms with Gasteiger partial charge in [0.2, 0.25) is 0 Å². The van der Waals surface area contributed by atoms with Gasteiger partial charge >= 0.3 is 5.97 Å². The summed E-state index contributed by atoms with van der Waals surface area (Å²) in [6.07, 6.45) is 3.21. The zero-order chi connectivity index (χ0) is 22.1. The van der Waals surface area contributed by atoms with E-state index in [-0.39, 0.29) is 23.8 Å². The van der Waals surface area contributed by atoms with E-state index in [9.17, 15) is 19.2 Å². The number of hydrogen-bond donors (Lipinski definition) is 1. The number of fused-ring (bicyclic) bond motifs is 1. The van der Waals surface area contributed by atoms with Gasteiger partial charge in [0.25, 0.3) is 11.1 Å². The predicted molar refractivity (Wildman–Crippen MR) is 118 cm³/mol. The maximum absolute atomic E-state index is 12.8. The third kappa shape index (κ3) is 4.15. The van der Waals surface area contributed by atoms with Gasteiger partial charge < -0.3 is 9.67 Å². The molecule has 0 bridgehead atoms. The van der Waals surface area contributed by atoms with Crippen molar-refractivity contribution in [2.45, 2.75) is 13.5 Å². The van der Waals surface area contributed by atoms with E-state index in [1.54, 1.807) is 53.2 Å². The fraction of sp³-hybridized carbons (Fsp3) is 0.130. The molecule has 0 saturated carbocycles. The van der Waals surface area contributed by atoms with Crippen LogP contribution in [0.2, 0.25) is 0 Å². The molecular formula is C23H18N2O5S. The first-order valence-corrected chi connectivity index (χ1v) is 10.3. The van der Waals surface area contributed by atoms with Crippen LogP contribution in [-0.2, 0) is 16.1 Å². The summed E-state index contributed by atoms with van der Waals surface area (Å²) >= 11 is 0.769. The molecule has 31 heavy (non-hydrogen) atoms. The van der Waals surface area contributed by atoms with Crippen LogP contribution in [0.4, 0.5) is 4.79 Å². The third-order valence-corrected chi connectivity index (χ3v) is 5.87. The second-order valence-electron chi connectivity index (χ2n) is 7.18. The van der Waals surface area contributed by atoms with E-state index in [1.165, 1.54) is 0 Å². The number of carboxylic acids is 1. The standard InChI is InChI=1S/C23H18N2O5S/c1-14-6-8-15(9-7-14)19(26)12-25-22(29)20(31-23(25)30)10-16-11-24(13-21(27)28)18-5-3-2-4-17(16)18/h2-11H,12-13H2,1H3,(H,27,28)/b20-10-. The molecule has 0 aliphatic carbocycles. The zero-order valence-electron chi connectivity index (χ0n) is 16.6. The van der Waals surface area contributed by atoms with Crippen molar-refractivity contribution >= 4 is 51.6 Å². The largest absolute Gasteiger partial charge is 0.480 e. The number of nitrogens with zero attached hydrogens (tertiary/aromatic N) is 2. The Balaban J connectivity index is 1.61. The smallest absolute Gasteiger partial charge is 0.323 e. The van der Waals surface area contributed by atoms with Crippen LogP contribution in [0.5, 0.6) is 0 Å². The molecule has 156 valence electrons. The van der Waals surface area contributed by atoms with Gasteiger partial charge in [-0.1, -0.05) is 48.0 Å². The van der Waals surface area contributed by atoms with Crippen LogP contribution >= 0.6 is 11.8 Å². The number of rotatable bonds is 6. The number of benzene rings is 2. The summed E-state index contributed by atoms with van der Waals surface area (Å²) in [5, 5.41) is 9.41. The van der Waals surface area contributed by atoms with E-state index in [1.807, 2.05) is 19.1 Å². The fourth-order valence-corrected chi connectivity index (χ4v) is 4.25. The Bertz CT molecular complexity index is 1260. The van der Waals surface area contributed by atoms with Crippen LogP contribution in [0.3, 0.4) is 0 Å². The Labute approximate surface area is 182 Å². The second kappa shape index (κ2) is 8.23. The number of amides is 2. The van der Waals surface area contributed by atoms with Gasteiger partial charge in [0.15, 0.2) is 5.78 Å². The van der Waals surface area contributed by atoms with Crippen LogP contribution < -0.4 is 0 Å². The minimum atomic E-state index is -0.984. The van der Waals surface area contributed by atoms with Crippen LogP contribution in [-0.4, -0.2) is 44.0 Å². The maximum atomic E-state index is 12.8. The molecule has 0 spiro atoms. The topological polar surface area (TPSA) is 96.7 Å². The summed E-state index contributed by atoms with van der Waals surface area (Å²) in [6.45, 7) is 1.36. The van der Waals surface area contributed by atoms with Gasteiger partial charge in [0, 0.05) is 28.2 Å². The molecule has 1 saturated heterocycles. The number of carboxylic acid groups (broad SMARTS) is 1. The average molecular weight is 434 g/mol. The number of carbonyl (C=O) groups excluding carboxylic acids is 3. The molecule has 1 N–H and O–H groups in total. The highest BCUT2D eigenvalue weighted by Gasteiger charge is 2.36. The average Bonchev–Trinajstić information content (AvgIpc) is 3.20. The Kier molecular flexibility index (Phi) is 5.48. The van der Waals surface area contributed by atoms with Gasteiger partial charge in [0.05, 0.1) is 11.4 Å². The van der Waals surface area contributed by atoms with Gasteiger partial charge in [-0.2, -0.15) is 0 Å². The minimum absolute atomic E-state index is 0.194. The molecule has 2 amide bonds. The highest BCUT2D eigenvalue weighted by Crippen LogP contribution is 2.34. The predicted octanol–water partition coefficient (Wildman–Crippen LogP) is 3.95. The van der Waals surface area contributed by atoms with Gasteiger partial charge in [-0.25, -0.2) is 0 Å². The molecule has 1 fully saturated rings. The van der Waals surface area contributed by atoms with Gasteiger partial charge in [-0.3, -0.25) is 24.1 Å². The molecule has 0 unspecified atom stereocenters. The number of Topliss-reactive ketones (excluding diaryl/α,β-unsaturated/α-hetero) is 1. The highest BCUT2D eigenvalue weighted by atomic mass is 32.2. The summed E-state index contributed by atoms with van der Waals surface area (Å²) in [5.74, 6) is -1.84. The molecule has 8 heteroatoms. The minimum Gasteiger partial charge on any atom is -0.480 e. The maximum Gasteiger partial charge on any atom is 0.323 e. The van der Waals surface area contributed by atoms with Crippen molar-refractivity contribution in [1.29, 1.82) is 0 Å². The molecule has 0 atom stereocenters. The van der Waals surface area contributed by atoms with Crippen molar-refractivity contribution in [2.24, 2.45) is 0 Å². The number of aromatic nitrogens is 1. The molecule has 4 rings (SSSR count). The third-order valence-electron chi connectivity index (χ3n) is 4.96. The lowest BCUT2D eigenvalue weighted by molar-refractivity contribution is -0.137. The Morgan fingerprint density at radius 2 is 1.74 bits per heavy atom. The first-order chi connectivity index (χ1) is 14.8. The first-order valence-electron chi connectivity index (χ1n) is 9.48. The van der Waals surface area contributed by atoms with E-state index in [2.05, 4.69) is 0 Å². The van der Waals surface area contributed by atoms with Gasteiger partial charge in [-0.15, -0.1) is 0 Å². The lowest BCUT2D eigenvalue weighted by Gasteiger charge is -2.11. The number of hydrogen-bond acceptors (Lipinski definition) is 5. The van der Waals surface area contributed by atoms with Gasteiger partial charge in [0.1, 0.15) is 6.54 Å². The monoisotopic (exact) mass is 434 g/mol. The van der Waals surface area contributed by atoms with Crippen LogP contribution in [0.1, 0.15) is 21.5 Å². The van der Waals surface area contributed by atoms with E-state index in [0.29, 0.717) is 16.6 Å². The summed E-state index contributed by atoms with van der Waals surface area (Å²) in [6, 6.07) is 14.2. The molecule has 1 aliphatic heterocycles. The molecule has 7 nitrogen and oxygen atoms in total. The van der Waals surface area contributed by atoms with E-state index in [0.717, 1.165) is 27.6 Å². The fourth-order valence-electron chi connectivity index (χ4n) is 3.42. The van der Waals surface area contributed by atoms with E-state index in [4.69, 9.17) is 5.11 Å². The molecular weight excluding hydrogens is 416 g/mol. The summed E-state index contributed by atoms with van der Waals surface area (Å²) in [5.41, 5.74) is 2.79. The molecule has 1 aliphatic rings. The van der Waals surface area contributed by atoms with Gasteiger partial charge in [-0.05, 0) is 30.8 Å². The molecule has 3 aromatic rings. The number of aryl methyl sites for hydroxylation is 1. The SMILES string of the molecule is Cc1ccc(C(=O)CN2C(=O)S/C(=C\c3cn(CC(=O)O)c4ccccc34)C2=O)cc1. The quantitative estimate of drug-likeness (QED) is 0.466. The van der Waals surface area contributed by atoms with E-state index >= 15 is 0 Å². The number of aliphatic carboxylic acids is 1. The Morgan fingerprint density at radius 3 is 2.45 bits per heavy atom. The zero-order valence-corrected chi connectivity index (χ0v) is 17.4. The van der Waals surface area contributed by atoms with Crippen molar-refractivity contribution in [1.82, 2.24) is 9.47 Å². The Morgan fingerprint density at radius 1 is 1.03 bits per heavy atom. The lowest BCUT2D eigenvalue weighted by Crippen LogP contribution is -2.33. The number of thioether (sulfide) groups is 1. The number of para-hydroxylation sites is 1. The van der Waals surface area contributed by atoms with Crippen molar-refractivity contribution in [3.8, 4) is 0 Å². The number of carbonyl (C=O) groups is 4. The van der Waals surface area contributed by atoms with Crippen LogP contribution in [0.25, 0.3) is 17.0 Å². The lowest BCUT2D eigenvalue weighted by atomic mass is 10.1. The Hall–Kier alpha value is -3.65. The summed E-state index contributed by atoms with van der Waals surface area (Å²) < 4.78 is 1.58. The highest BCUT2D eigenvalue weighted by molar-refractivity contribution is 8.18. The molecule has 2 aromatic carbocycles. The van der Waals surface area contributed by atoms with Crippen molar-refractivity contribution in [2.75, 3.05) is 6.54 Å². The van der Waals surface area contributed by atoms with Crippen LogP contribution in [0, 0.1) is 6.92 Å². The molecule has 2 heterocycles. The molecule has 0 radical (unpaired) electrons. The number of ketones is 1. The van der Waals surface area contributed by atoms with Crippen molar-refractivity contribution in [3.63, 3.8) is 0 Å². The van der Waals surface area contributed by atoms with Crippen molar-refractivity contribution in [3.05, 3.63) is 76.3 Å².